The Bertz CT molecular complexity index is 464. The van der Waals surface area contributed by atoms with Crippen LogP contribution in [0.25, 0.3) is 10.9 Å². The van der Waals surface area contributed by atoms with Crippen LogP contribution in [-0.4, -0.2) is 23.6 Å². The van der Waals surface area contributed by atoms with E-state index in [2.05, 4.69) is 16.3 Å². The zero-order chi connectivity index (χ0) is 10.7. The second-order valence-electron chi connectivity index (χ2n) is 3.57. The number of aromatic amines is 1. The molecule has 0 atom stereocenters. The quantitative estimate of drug-likeness (QED) is 0.612. The minimum absolute atomic E-state index is 0.644. The van der Waals surface area contributed by atoms with Crippen molar-refractivity contribution in [3.8, 4) is 0 Å². The maximum absolute atomic E-state index is 10.2. The molecule has 1 heterocycles. The second-order valence-corrected chi connectivity index (χ2v) is 3.57. The predicted molar refractivity (Wildman–Crippen MR) is 60.4 cm³/mol. The van der Waals surface area contributed by atoms with Gasteiger partial charge in [0, 0.05) is 30.7 Å². The fourth-order valence-electron chi connectivity index (χ4n) is 1.66. The zero-order valence-electron chi connectivity index (χ0n) is 8.60. The molecule has 4 nitrogen and oxygen atoms in total. The minimum Gasteiger partial charge on any atom is -0.361 e. The van der Waals surface area contributed by atoms with Crippen LogP contribution in [0, 0.1) is 4.91 Å². The number of nitroso groups, excluding NO2 is 1. The van der Waals surface area contributed by atoms with E-state index >= 15 is 0 Å². The standard InChI is InChI=1S/C11H13N3O/c1-14(13-15)7-6-9-8-12-11-5-3-2-4-10(9)11/h2-5,8,12H,6-7H2,1H3. The molecule has 2 rings (SSSR count). The Morgan fingerprint density at radius 2 is 2.20 bits per heavy atom. The average molecular weight is 203 g/mol. The number of hydrogen-bond acceptors (Lipinski definition) is 2. The van der Waals surface area contributed by atoms with Gasteiger partial charge in [0.25, 0.3) is 0 Å². The molecule has 0 saturated heterocycles. The van der Waals surface area contributed by atoms with E-state index < -0.39 is 0 Å². The van der Waals surface area contributed by atoms with Crippen molar-refractivity contribution < 1.29 is 0 Å². The predicted octanol–water partition coefficient (Wildman–Crippen LogP) is 2.32. The molecule has 0 bridgehead atoms. The van der Waals surface area contributed by atoms with Crippen molar-refractivity contribution in [1.29, 1.82) is 0 Å². The Kier molecular flexibility index (Phi) is 2.67. The summed E-state index contributed by atoms with van der Waals surface area (Å²) in [6.07, 6.45) is 2.82. The summed E-state index contributed by atoms with van der Waals surface area (Å²) < 4.78 is 0. The first kappa shape index (κ1) is 9.71. The van der Waals surface area contributed by atoms with E-state index in [1.165, 1.54) is 16.0 Å². The molecule has 1 N–H and O–H groups in total. The molecule has 0 spiro atoms. The number of para-hydroxylation sites is 1. The van der Waals surface area contributed by atoms with Crippen LogP contribution in [0.4, 0.5) is 0 Å². The van der Waals surface area contributed by atoms with Gasteiger partial charge in [-0.25, -0.2) is 0 Å². The molecular weight excluding hydrogens is 190 g/mol. The number of fused-ring (bicyclic) bond motifs is 1. The van der Waals surface area contributed by atoms with E-state index in [9.17, 15) is 4.91 Å². The van der Waals surface area contributed by atoms with Gasteiger partial charge in [0.1, 0.15) is 0 Å². The van der Waals surface area contributed by atoms with Gasteiger partial charge in [0.05, 0.1) is 5.29 Å². The van der Waals surface area contributed by atoms with E-state index in [0.717, 1.165) is 11.9 Å². The van der Waals surface area contributed by atoms with Gasteiger partial charge >= 0.3 is 0 Å². The molecule has 4 heteroatoms. The molecule has 2 aromatic rings. The topological polar surface area (TPSA) is 48.5 Å². The highest BCUT2D eigenvalue weighted by molar-refractivity contribution is 5.83. The summed E-state index contributed by atoms with van der Waals surface area (Å²) in [5.74, 6) is 0. The number of nitrogens with zero attached hydrogens (tertiary/aromatic N) is 2. The van der Waals surface area contributed by atoms with Crippen LogP contribution in [0.1, 0.15) is 5.56 Å². The fraction of sp³-hybridized carbons (Fsp3) is 0.273. The molecule has 15 heavy (non-hydrogen) atoms. The lowest BCUT2D eigenvalue weighted by Gasteiger charge is -2.06. The first-order chi connectivity index (χ1) is 7.31. The van der Waals surface area contributed by atoms with Gasteiger partial charge in [-0.1, -0.05) is 18.2 Å². The summed E-state index contributed by atoms with van der Waals surface area (Å²) in [7, 11) is 1.68. The molecule has 0 unspecified atom stereocenters. The first-order valence-electron chi connectivity index (χ1n) is 4.90. The van der Waals surface area contributed by atoms with Crippen molar-refractivity contribution in [3.63, 3.8) is 0 Å². The maximum atomic E-state index is 10.2. The van der Waals surface area contributed by atoms with E-state index in [0.29, 0.717) is 6.54 Å². The first-order valence-corrected chi connectivity index (χ1v) is 4.90. The Hall–Kier alpha value is -1.84. The van der Waals surface area contributed by atoms with Crippen LogP contribution in [-0.2, 0) is 6.42 Å². The van der Waals surface area contributed by atoms with E-state index in [-0.39, 0.29) is 0 Å². The van der Waals surface area contributed by atoms with E-state index in [1.54, 1.807) is 7.05 Å². The summed E-state index contributed by atoms with van der Waals surface area (Å²) in [6, 6.07) is 8.14. The Balaban J connectivity index is 2.18. The number of nitrogens with one attached hydrogen (secondary N) is 1. The molecule has 0 saturated carbocycles. The largest absolute Gasteiger partial charge is 0.361 e. The van der Waals surface area contributed by atoms with Crippen LogP contribution in [0.3, 0.4) is 0 Å². The highest BCUT2D eigenvalue weighted by atomic mass is 16.3. The molecule has 1 aromatic heterocycles. The third-order valence-corrected chi connectivity index (χ3v) is 2.52. The van der Waals surface area contributed by atoms with Crippen LogP contribution in [0.5, 0.6) is 0 Å². The van der Waals surface area contributed by atoms with Gasteiger partial charge < -0.3 is 4.98 Å². The van der Waals surface area contributed by atoms with Crippen molar-refractivity contribution >= 4 is 10.9 Å². The maximum Gasteiger partial charge on any atom is 0.0521 e. The van der Waals surface area contributed by atoms with Crippen LogP contribution in [0.2, 0.25) is 0 Å². The number of hydrogen-bond donors (Lipinski definition) is 1. The van der Waals surface area contributed by atoms with Crippen LogP contribution < -0.4 is 0 Å². The zero-order valence-corrected chi connectivity index (χ0v) is 8.60. The molecule has 0 radical (unpaired) electrons. The number of benzene rings is 1. The monoisotopic (exact) mass is 203 g/mol. The second kappa shape index (κ2) is 4.13. The fourth-order valence-corrected chi connectivity index (χ4v) is 1.66. The van der Waals surface area contributed by atoms with Gasteiger partial charge in [-0.3, -0.25) is 5.01 Å². The average Bonchev–Trinajstić information content (AvgIpc) is 2.69. The van der Waals surface area contributed by atoms with Crippen LogP contribution in [0.15, 0.2) is 35.7 Å². The summed E-state index contributed by atoms with van der Waals surface area (Å²) in [4.78, 5) is 13.4. The summed E-state index contributed by atoms with van der Waals surface area (Å²) in [6.45, 7) is 0.644. The Morgan fingerprint density at radius 1 is 1.40 bits per heavy atom. The lowest BCUT2D eigenvalue weighted by Crippen LogP contribution is -2.13. The third-order valence-electron chi connectivity index (χ3n) is 2.52. The highest BCUT2D eigenvalue weighted by Crippen LogP contribution is 2.18. The molecule has 0 amide bonds. The van der Waals surface area contributed by atoms with Gasteiger partial charge in [-0.2, -0.15) is 0 Å². The molecule has 0 aliphatic rings. The summed E-state index contributed by atoms with van der Waals surface area (Å²) in [5, 5.41) is 5.46. The highest BCUT2D eigenvalue weighted by Gasteiger charge is 2.03. The van der Waals surface area contributed by atoms with E-state index in [4.69, 9.17) is 0 Å². The van der Waals surface area contributed by atoms with Gasteiger partial charge in [-0.15, -0.1) is 4.91 Å². The van der Waals surface area contributed by atoms with Crippen molar-refractivity contribution in [2.24, 2.45) is 5.29 Å². The van der Waals surface area contributed by atoms with Crippen molar-refractivity contribution in [2.75, 3.05) is 13.6 Å². The molecule has 78 valence electrons. The lowest BCUT2D eigenvalue weighted by molar-refractivity contribution is 0.354. The van der Waals surface area contributed by atoms with Gasteiger partial charge in [0.15, 0.2) is 0 Å². The molecular formula is C11H13N3O. The molecule has 0 aliphatic heterocycles. The smallest absolute Gasteiger partial charge is 0.0521 e. The number of aromatic nitrogens is 1. The Labute approximate surface area is 87.8 Å². The van der Waals surface area contributed by atoms with Gasteiger partial charge in [-0.05, 0) is 18.1 Å². The van der Waals surface area contributed by atoms with Crippen molar-refractivity contribution in [1.82, 2.24) is 9.99 Å². The summed E-state index contributed by atoms with van der Waals surface area (Å²) >= 11 is 0. The van der Waals surface area contributed by atoms with Crippen molar-refractivity contribution in [2.45, 2.75) is 6.42 Å². The van der Waals surface area contributed by atoms with Gasteiger partial charge in [0.2, 0.25) is 0 Å². The van der Waals surface area contributed by atoms with E-state index in [1.807, 2.05) is 24.4 Å². The number of likely N-dealkylation sites (N-methyl/N-ethyl adjacent to an activating group) is 1. The van der Waals surface area contributed by atoms with Crippen molar-refractivity contribution in [3.05, 3.63) is 40.9 Å². The SMILES string of the molecule is CN(CCc1c[nH]c2ccccc12)N=O. The molecule has 0 fully saturated rings. The lowest BCUT2D eigenvalue weighted by atomic mass is 10.1. The number of rotatable bonds is 4. The minimum atomic E-state index is 0.644. The third kappa shape index (κ3) is 1.98. The molecule has 0 aliphatic carbocycles. The number of H-pyrrole nitrogens is 1. The Morgan fingerprint density at radius 3 is 3.00 bits per heavy atom. The van der Waals surface area contributed by atoms with Crippen LogP contribution >= 0.6 is 0 Å². The normalized spacial score (nSPS) is 10.5. The summed E-state index contributed by atoms with van der Waals surface area (Å²) in [5.41, 5.74) is 2.36. The molecule has 1 aromatic carbocycles.